The molecule has 0 unspecified atom stereocenters. The Bertz CT molecular complexity index is 1130. The molecule has 2 N–H and O–H groups in total. The number of amides is 1. The third-order valence-electron chi connectivity index (χ3n) is 5.90. The summed E-state index contributed by atoms with van der Waals surface area (Å²) in [6, 6.07) is 5.31. The van der Waals surface area contributed by atoms with E-state index in [-0.39, 0.29) is 18.1 Å². The highest BCUT2D eigenvalue weighted by atomic mass is 16.5. The zero-order valence-corrected chi connectivity index (χ0v) is 20.2. The topological polar surface area (TPSA) is 130 Å². The number of benzene rings is 1. The first kappa shape index (κ1) is 24.1. The van der Waals surface area contributed by atoms with Crippen molar-refractivity contribution >= 4 is 5.91 Å². The van der Waals surface area contributed by atoms with Gasteiger partial charge in [0.15, 0.2) is 11.5 Å². The minimum Gasteiger partial charge on any atom is -0.493 e. The molecule has 11 nitrogen and oxygen atoms in total. The van der Waals surface area contributed by atoms with Gasteiger partial charge in [0, 0.05) is 24.0 Å². The van der Waals surface area contributed by atoms with E-state index in [9.17, 15) is 4.79 Å². The van der Waals surface area contributed by atoms with Crippen molar-refractivity contribution in [3.63, 3.8) is 0 Å². The monoisotopic (exact) mass is 483 g/mol. The Morgan fingerprint density at radius 1 is 0.886 bits per heavy atom. The van der Waals surface area contributed by atoms with Gasteiger partial charge in [0.05, 0.1) is 34.1 Å². The van der Waals surface area contributed by atoms with Gasteiger partial charge in [-0.3, -0.25) is 9.89 Å². The molecule has 4 rings (SSSR count). The lowest BCUT2D eigenvalue weighted by molar-refractivity contribution is 0.0881. The Morgan fingerprint density at radius 3 is 2.14 bits per heavy atom. The summed E-state index contributed by atoms with van der Waals surface area (Å²) in [6.45, 7) is 0. The Balaban J connectivity index is 1.36. The van der Waals surface area contributed by atoms with Gasteiger partial charge in [0.25, 0.3) is 17.7 Å². The number of rotatable bonds is 9. The molecule has 11 heteroatoms. The van der Waals surface area contributed by atoms with Gasteiger partial charge < -0.3 is 29.0 Å². The van der Waals surface area contributed by atoms with Crippen molar-refractivity contribution in [2.45, 2.75) is 37.8 Å². The van der Waals surface area contributed by atoms with Crippen LogP contribution in [0.3, 0.4) is 0 Å². The largest absolute Gasteiger partial charge is 0.493 e. The molecule has 1 aliphatic rings. The van der Waals surface area contributed by atoms with E-state index < -0.39 is 0 Å². The van der Waals surface area contributed by atoms with E-state index in [1.54, 1.807) is 51.9 Å². The lowest BCUT2D eigenvalue weighted by Crippen LogP contribution is -2.39. The number of methoxy groups -OCH3 is 4. The van der Waals surface area contributed by atoms with Crippen molar-refractivity contribution < 1.29 is 28.5 Å². The van der Waals surface area contributed by atoms with Gasteiger partial charge in [-0.2, -0.15) is 5.10 Å². The fraction of sp³-hybridized carbons (Fsp3) is 0.417. The smallest absolute Gasteiger partial charge is 0.278 e. The average Bonchev–Trinajstić information content (AvgIpc) is 3.40. The fourth-order valence-electron chi connectivity index (χ4n) is 4.09. The first-order valence-electron chi connectivity index (χ1n) is 11.2. The second-order valence-corrected chi connectivity index (χ2v) is 8.02. The van der Waals surface area contributed by atoms with E-state index in [1.807, 2.05) is 0 Å². The number of nitrogens with zero attached hydrogens (tertiary/aromatic N) is 3. The molecule has 1 saturated carbocycles. The van der Waals surface area contributed by atoms with Gasteiger partial charge in [0.1, 0.15) is 11.8 Å². The van der Waals surface area contributed by atoms with Gasteiger partial charge >= 0.3 is 0 Å². The molecule has 0 atom stereocenters. The molecular formula is C24H29N5O6. The minimum atomic E-state index is -0.212. The summed E-state index contributed by atoms with van der Waals surface area (Å²) in [5.41, 5.74) is 1.69. The van der Waals surface area contributed by atoms with E-state index in [0.717, 1.165) is 31.2 Å². The van der Waals surface area contributed by atoms with Gasteiger partial charge in [-0.25, -0.2) is 9.97 Å². The maximum absolute atomic E-state index is 12.8. The molecule has 1 aromatic carbocycles. The van der Waals surface area contributed by atoms with Gasteiger partial charge in [0.2, 0.25) is 5.75 Å². The third kappa shape index (κ3) is 5.39. The molecule has 1 fully saturated rings. The van der Waals surface area contributed by atoms with Gasteiger partial charge in [-0.05, 0) is 43.9 Å². The van der Waals surface area contributed by atoms with E-state index in [2.05, 4.69) is 25.5 Å². The molecule has 0 radical (unpaired) electrons. The van der Waals surface area contributed by atoms with Crippen molar-refractivity contribution in [2.24, 2.45) is 0 Å². The maximum Gasteiger partial charge on any atom is 0.278 e. The average molecular weight is 484 g/mol. The molecule has 2 aromatic heterocycles. The van der Waals surface area contributed by atoms with Crippen molar-refractivity contribution in [3.05, 3.63) is 36.3 Å². The predicted octanol–water partition coefficient (Wildman–Crippen LogP) is 3.02. The molecule has 1 aliphatic carbocycles. The van der Waals surface area contributed by atoms with Crippen LogP contribution in [0.5, 0.6) is 29.0 Å². The van der Waals surface area contributed by atoms with Crippen LogP contribution in [0.25, 0.3) is 11.3 Å². The van der Waals surface area contributed by atoms with Crippen molar-refractivity contribution in [1.82, 2.24) is 25.5 Å². The standard InChI is InChI=1S/C24H29N5O6/c1-31-19-11-14(12-20(32-2)21(19)33-3)17-13-18(29-28-17)22(30)27-15-5-7-16(8-6-15)35-24-23(34-4)25-9-10-26-24/h9-13,15-16H,5-8H2,1-4H3,(H,27,30)(H,28,29). The van der Waals surface area contributed by atoms with Crippen LogP contribution in [-0.2, 0) is 0 Å². The van der Waals surface area contributed by atoms with E-state index in [1.165, 1.54) is 7.11 Å². The van der Waals surface area contributed by atoms with Crippen molar-refractivity contribution in [2.75, 3.05) is 28.4 Å². The predicted molar refractivity (Wildman–Crippen MR) is 126 cm³/mol. The maximum atomic E-state index is 12.8. The number of nitrogens with one attached hydrogen (secondary N) is 2. The van der Waals surface area contributed by atoms with Crippen LogP contribution in [-0.4, -0.2) is 66.7 Å². The molecule has 0 saturated heterocycles. The Kier molecular flexibility index (Phi) is 7.54. The summed E-state index contributed by atoms with van der Waals surface area (Å²) >= 11 is 0. The summed E-state index contributed by atoms with van der Waals surface area (Å²) in [7, 11) is 6.18. The van der Waals surface area contributed by atoms with Crippen molar-refractivity contribution in [1.29, 1.82) is 0 Å². The first-order chi connectivity index (χ1) is 17.1. The SMILES string of the molecule is COc1cc(-c2cc(C(=O)NC3CCC(Oc4nccnc4OC)CC3)[nH]n2)cc(OC)c1OC. The highest BCUT2D eigenvalue weighted by Crippen LogP contribution is 2.40. The third-order valence-corrected chi connectivity index (χ3v) is 5.90. The number of carbonyl (C=O) groups excluding carboxylic acids is 1. The van der Waals surface area contributed by atoms with Crippen molar-refractivity contribution in [3.8, 4) is 40.3 Å². The number of carbonyl (C=O) groups is 1. The number of hydrogen-bond donors (Lipinski definition) is 2. The lowest BCUT2D eigenvalue weighted by Gasteiger charge is -2.29. The Hall–Kier alpha value is -4.02. The molecule has 1 amide bonds. The van der Waals surface area contributed by atoms with Crippen LogP contribution in [0.4, 0.5) is 0 Å². The number of H-pyrrole nitrogens is 1. The van der Waals surface area contributed by atoms with E-state index in [0.29, 0.717) is 40.4 Å². The number of aromatic amines is 1. The van der Waals surface area contributed by atoms with E-state index >= 15 is 0 Å². The Labute approximate surface area is 203 Å². The summed E-state index contributed by atoms with van der Waals surface area (Å²) in [4.78, 5) is 21.1. The number of hydrogen-bond acceptors (Lipinski definition) is 9. The van der Waals surface area contributed by atoms with Gasteiger partial charge in [-0.15, -0.1) is 0 Å². The summed E-state index contributed by atoms with van der Waals surface area (Å²) in [6.07, 6.45) is 6.25. The van der Waals surface area contributed by atoms with Crippen LogP contribution in [0, 0.1) is 0 Å². The van der Waals surface area contributed by atoms with Crippen LogP contribution in [0.1, 0.15) is 36.2 Å². The minimum absolute atomic E-state index is 0.00691. The molecule has 3 aromatic rings. The van der Waals surface area contributed by atoms with Crippen LogP contribution in [0.2, 0.25) is 0 Å². The summed E-state index contributed by atoms with van der Waals surface area (Å²) < 4.78 is 27.3. The summed E-state index contributed by atoms with van der Waals surface area (Å²) in [5.74, 6) is 2.05. The second-order valence-electron chi connectivity index (χ2n) is 8.02. The van der Waals surface area contributed by atoms with E-state index in [4.69, 9.17) is 23.7 Å². The molecule has 0 aliphatic heterocycles. The molecule has 186 valence electrons. The molecule has 0 spiro atoms. The molecule has 0 bridgehead atoms. The summed E-state index contributed by atoms with van der Waals surface area (Å²) in [5, 5.41) is 10.2. The number of aromatic nitrogens is 4. The van der Waals surface area contributed by atoms with Crippen LogP contribution >= 0.6 is 0 Å². The first-order valence-corrected chi connectivity index (χ1v) is 11.2. The Morgan fingerprint density at radius 2 is 1.54 bits per heavy atom. The van der Waals surface area contributed by atoms with Gasteiger partial charge in [-0.1, -0.05) is 0 Å². The fourth-order valence-corrected chi connectivity index (χ4v) is 4.09. The molecule has 2 heterocycles. The van der Waals surface area contributed by atoms with Crippen LogP contribution < -0.4 is 29.0 Å². The zero-order chi connectivity index (χ0) is 24.8. The second kappa shape index (κ2) is 10.9. The highest BCUT2D eigenvalue weighted by molar-refractivity contribution is 5.93. The normalized spacial score (nSPS) is 17.4. The number of ether oxygens (including phenoxy) is 5. The lowest BCUT2D eigenvalue weighted by atomic mass is 9.93. The quantitative estimate of drug-likeness (QED) is 0.472. The molecular weight excluding hydrogens is 454 g/mol. The van der Waals surface area contributed by atoms with Crippen LogP contribution in [0.15, 0.2) is 30.6 Å². The zero-order valence-electron chi connectivity index (χ0n) is 20.2. The molecule has 35 heavy (non-hydrogen) atoms. The highest BCUT2D eigenvalue weighted by Gasteiger charge is 2.26.